The standard InChI is InChI=1S/C15H16INO2/c1-9-8-13(11(3)19-9)10(2)17-15(18)12-6-4-5-7-14(12)16/h4-8,10H,1-3H3,(H,17,18). The highest BCUT2D eigenvalue weighted by Crippen LogP contribution is 2.22. The van der Waals surface area contributed by atoms with E-state index in [1.54, 1.807) is 0 Å². The van der Waals surface area contributed by atoms with Crippen LogP contribution >= 0.6 is 22.6 Å². The number of aryl methyl sites for hydroxylation is 2. The molecule has 0 aliphatic carbocycles. The number of amides is 1. The predicted octanol–water partition coefficient (Wildman–Crippen LogP) is 3.99. The molecule has 0 aliphatic rings. The smallest absolute Gasteiger partial charge is 0.252 e. The van der Waals surface area contributed by atoms with Crippen LogP contribution < -0.4 is 5.32 Å². The van der Waals surface area contributed by atoms with Crippen molar-refractivity contribution >= 4 is 28.5 Å². The van der Waals surface area contributed by atoms with Gasteiger partial charge in [-0.05, 0) is 61.6 Å². The molecule has 19 heavy (non-hydrogen) atoms. The minimum Gasteiger partial charge on any atom is -0.466 e. The van der Waals surface area contributed by atoms with Crippen LogP contribution in [-0.2, 0) is 0 Å². The van der Waals surface area contributed by atoms with Crippen LogP contribution in [0.4, 0.5) is 0 Å². The van der Waals surface area contributed by atoms with Gasteiger partial charge in [-0.1, -0.05) is 12.1 Å². The molecule has 0 spiro atoms. The van der Waals surface area contributed by atoms with Crippen LogP contribution in [0.5, 0.6) is 0 Å². The number of benzene rings is 1. The van der Waals surface area contributed by atoms with Crippen LogP contribution in [-0.4, -0.2) is 5.91 Å². The molecule has 1 atom stereocenters. The van der Waals surface area contributed by atoms with Gasteiger partial charge >= 0.3 is 0 Å². The molecular formula is C15H16INO2. The lowest BCUT2D eigenvalue weighted by molar-refractivity contribution is 0.0939. The van der Waals surface area contributed by atoms with Gasteiger partial charge in [-0.3, -0.25) is 4.79 Å². The summed E-state index contributed by atoms with van der Waals surface area (Å²) in [5.41, 5.74) is 1.73. The van der Waals surface area contributed by atoms with Crippen molar-refractivity contribution in [2.75, 3.05) is 0 Å². The molecule has 0 fully saturated rings. The highest BCUT2D eigenvalue weighted by Gasteiger charge is 2.17. The van der Waals surface area contributed by atoms with Crippen molar-refractivity contribution in [1.29, 1.82) is 0 Å². The van der Waals surface area contributed by atoms with E-state index in [9.17, 15) is 4.79 Å². The zero-order chi connectivity index (χ0) is 14.0. The Labute approximate surface area is 126 Å². The Hall–Kier alpha value is -1.30. The average molecular weight is 369 g/mol. The van der Waals surface area contributed by atoms with Gasteiger partial charge in [-0.15, -0.1) is 0 Å². The van der Waals surface area contributed by atoms with Crippen LogP contribution in [0.1, 0.15) is 40.4 Å². The Morgan fingerprint density at radius 3 is 2.58 bits per heavy atom. The lowest BCUT2D eigenvalue weighted by atomic mass is 10.1. The van der Waals surface area contributed by atoms with Crippen LogP contribution in [0.3, 0.4) is 0 Å². The highest BCUT2D eigenvalue weighted by molar-refractivity contribution is 14.1. The normalized spacial score (nSPS) is 12.2. The molecule has 2 aromatic rings. The summed E-state index contributed by atoms with van der Waals surface area (Å²) >= 11 is 2.17. The molecule has 1 amide bonds. The van der Waals surface area contributed by atoms with Crippen molar-refractivity contribution in [3.05, 3.63) is 56.5 Å². The Morgan fingerprint density at radius 1 is 1.32 bits per heavy atom. The predicted molar refractivity (Wildman–Crippen MR) is 83.2 cm³/mol. The summed E-state index contributed by atoms with van der Waals surface area (Å²) in [7, 11) is 0. The van der Waals surface area contributed by atoms with Crippen molar-refractivity contribution in [1.82, 2.24) is 5.32 Å². The fourth-order valence-corrected chi connectivity index (χ4v) is 2.71. The first-order valence-corrected chi connectivity index (χ1v) is 7.19. The molecule has 3 nitrogen and oxygen atoms in total. The van der Waals surface area contributed by atoms with E-state index in [2.05, 4.69) is 27.9 Å². The van der Waals surface area contributed by atoms with Crippen molar-refractivity contribution in [2.24, 2.45) is 0 Å². The molecule has 0 aliphatic heterocycles. The van der Waals surface area contributed by atoms with Gasteiger partial charge in [-0.2, -0.15) is 0 Å². The largest absolute Gasteiger partial charge is 0.466 e. The van der Waals surface area contributed by atoms with E-state index in [1.807, 2.05) is 51.1 Å². The third-order valence-electron chi connectivity index (χ3n) is 3.01. The number of nitrogens with one attached hydrogen (secondary N) is 1. The third kappa shape index (κ3) is 3.18. The quantitative estimate of drug-likeness (QED) is 0.832. The van der Waals surface area contributed by atoms with E-state index < -0.39 is 0 Å². The Morgan fingerprint density at radius 2 is 2.00 bits per heavy atom. The molecule has 0 radical (unpaired) electrons. The monoisotopic (exact) mass is 369 g/mol. The maximum absolute atomic E-state index is 12.2. The maximum Gasteiger partial charge on any atom is 0.252 e. The van der Waals surface area contributed by atoms with Gasteiger partial charge in [-0.25, -0.2) is 0 Å². The van der Waals surface area contributed by atoms with E-state index in [0.717, 1.165) is 20.7 Å². The number of halogens is 1. The van der Waals surface area contributed by atoms with Crippen molar-refractivity contribution < 1.29 is 9.21 Å². The number of carbonyl (C=O) groups excluding carboxylic acids is 1. The second-order valence-electron chi connectivity index (χ2n) is 4.54. The highest BCUT2D eigenvalue weighted by atomic mass is 127. The fraction of sp³-hybridized carbons (Fsp3) is 0.267. The SMILES string of the molecule is Cc1cc(C(C)NC(=O)c2ccccc2I)c(C)o1. The number of hydrogen-bond donors (Lipinski definition) is 1. The zero-order valence-corrected chi connectivity index (χ0v) is 13.3. The van der Waals surface area contributed by atoms with Gasteiger partial charge in [0, 0.05) is 9.13 Å². The molecular weight excluding hydrogens is 353 g/mol. The summed E-state index contributed by atoms with van der Waals surface area (Å²) in [6.07, 6.45) is 0. The third-order valence-corrected chi connectivity index (χ3v) is 3.95. The topological polar surface area (TPSA) is 42.2 Å². The Bertz CT molecular complexity index is 604. The minimum atomic E-state index is -0.0686. The first-order chi connectivity index (χ1) is 8.99. The second-order valence-corrected chi connectivity index (χ2v) is 5.71. The summed E-state index contributed by atoms with van der Waals surface area (Å²) in [5, 5.41) is 3.00. The lowest BCUT2D eigenvalue weighted by Crippen LogP contribution is -2.27. The molecule has 2 rings (SSSR count). The van der Waals surface area contributed by atoms with Crippen molar-refractivity contribution in [3.63, 3.8) is 0 Å². The van der Waals surface area contributed by atoms with E-state index in [1.165, 1.54) is 0 Å². The molecule has 100 valence electrons. The maximum atomic E-state index is 12.2. The molecule has 1 N–H and O–H groups in total. The zero-order valence-electron chi connectivity index (χ0n) is 11.2. The molecule has 0 saturated carbocycles. The van der Waals surface area contributed by atoms with Crippen molar-refractivity contribution in [2.45, 2.75) is 26.8 Å². The van der Waals surface area contributed by atoms with Crippen LogP contribution in [0.25, 0.3) is 0 Å². The molecule has 0 bridgehead atoms. The number of rotatable bonds is 3. The number of carbonyl (C=O) groups is 1. The fourth-order valence-electron chi connectivity index (χ4n) is 2.08. The molecule has 4 heteroatoms. The molecule has 1 aromatic heterocycles. The van der Waals surface area contributed by atoms with Crippen LogP contribution in [0, 0.1) is 17.4 Å². The number of furan rings is 1. The van der Waals surface area contributed by atoms with E-state index in [-0.39, 0.29) is 11.9 Å². The molecule has 1 aromatic carbocycles. The van der Waals surface area contributed by atoms with Crippen LogP contribution in [0.2, 0.25) is 0 Å². The average Bonchev–Trinajstić information content (AvgIpc) is 2.69. The van der Waals surface area contributed by atoms with Gasteiger partial charge in [0.15, 0.2) is 0 Å². The summed E-state index contributed by atoms with van der Waals surface area (Å²) in [6.45, 7) is 5.79. The molecule has 0 saturated heterocycles. The van der Waals surface area contributed by atoms with E-state index in [4.69, 9.17) is 4.42 Å². The second kappa shape index (κ2) is 5.77. The molecule has 1 unspecified atom stereocenters. The first kappa shape index (κ1) is 14.1. The van der Waals surface area contributed by atoms with E-state index in [0.29, 0.717) is 5.56 Å². The summed E-state index contributed by atoms with van der Waals surface area (Å²) in [4.78, 5) is 12.2. The first-order valence-electron chi connectivity index (χ1n) is 6.11. The number of hydrogen-bond acceptors (Lipinski definition) is 2. The van der Waals surface area contributed by atoms with Crippen LogP contribution in [0.15, 0.2) is 34.7 Å². The van der Waals surface area contributed by atoms with Gasteiger partial charge in [0.05, 0.1) is 11.6 Å². The lowest BCUT2D eigenvalue weighted by Gasteiger charge is -2.14. The summed E-state index contributed by atoms with van der Waals surface area (Å²) in [6, 6.07) is 9.45. The summed E-state index contributed by atoms with van der Waals surface area (Å²) in [5.74, 6) is 1.66. The van der Waals surface area contributed by atoms with Gasteiger partial charge < -0.3 is 9.73 Å². The van der Waals surface area contributed by atoms with Gasteiger partial charge in [0.2, 0.25) is 0 Å². The van der Waals surface area contributed by atoms with Gasteiger partial charge in [0.25, 0.3) is 5.91 Å². The summed E-state index contributed by atoms with van der Waals surface area (Å²) < 4.78 is 6.44. The Kier molecular flexibility index (Phi) is 4.29. The van der Waals surface area contributed by atoms with Crippen molar-refractivity contribution in [3.8, 4) is 0 Å². The van der Waals surface area contributed by atoms with Gasteiger partial charge in [0.1, 0.15) is 11.5 Å². The molecule has 1 heterocycles. The van der Waals surface area contributed by atoms with E-state index >= 15 is 0 Å². The minimum absolute atomic E-state index is 0.0595. The Balaban J connectivity index is 2.15.